The smallest absolute Gasteiger partial charge is 0.311 e. The summed E-state index contributed by atoms with van der Waals surface area (Å²) in [5.41, 5.74) is 1.10. The second-order valence-corrected chi connectivity index (χ2v) is 5.47. The first-order chi connectivity index (χ1) is 11.6. The van der Waals surface area contributed by atoms with Gasteiger partial charge in [-0.2, -0.15) is 0 Å². The number of carbonyl (C=O) groups is 1. The quantitative estimate of drug-likeness (QED) is 0.876. The van der Waals surface area contributed by atoms with E-state index < -0.39 is 11.9 Å². The third kappa shape index (κ3) is 3.08. The molecule has 24 heavy (non-hydrogen) atoms. The van der Waals surface area contributed by atoms with Crippen molar-refractivity contribution < 1.29 is 29.2 Å². The van der Waals surface area contributed by atoms with Crippen LogP contribution >= 0.6 is 0 Å². The molecule has 1 heterocycles. The summed E-state index contributed by atoms with van der Waals surface area (Å²) in [4.78, 5) is 11.8. The minimum absolute atomic E-state index is 0.0382. The molecule has 0 saturated carbocycles. The normalized spacial score (nSPS) is 14.0. The molecule has 0 fully saturated rings. The van der Waals surface area contributed by atoms with Gasteiger partial charge in [0.1, 0.15) is 13.2 Å². The second kappa shape index (κ2) is 6.70. The summed E-state index contributed by atoms with van der Waals surface area (Å²) in [6.45, 7) is 0.914. The van der Waals surface area contributed by atoms with Crippen LogP contribution in [0.25, 0.3) is 0 Å². The van der Waals surface area contributed by atoms with Crippen molar-refractivity contribution in [3.05, 3.63) is 47.5 Å². The van der Waals surface area contributed by atoms with Crippen LogP contribution in [0.1, 0.15) is 17.0 Å². The molecular weight excluding hydrogens is 312 g/mol. The number of fused-ring (bicyclic) bond motifs is 1. The maximum atomic E-state index is 11.8. The maximum absolute atomic E-state index is 11.8. The number of aliphatic carboxylic acids is 1. The first kappa shape index (κ1) is 16.0. The first-order valence-electron chi connectivity index (χ1n) is 7.57. The van der Waals surface area contributed by atoms with E-state index in [1.165, 1.54) is 7.11 Å². The molecule has 0 aromatic heterocycles. The zero-order valence-electron chi connectivity index (χ0n) is 13.2. The van der Waals surface area contributed by atoms with Crippen molar-refractivity contribution in [3.8, 4) is 23.0 Å². The number of ether oxygens (including phenoxy) is 3. The number of carboxylic acids is 1. The van der Waals surface area contributed by atoms with Crippen molar-refractivity contribution in [2.24, 2.45) is 0 Å². The van der Waals surface area contributed by atoms with Gasteiger partial charge < -0.3 is 24.4 Å². The van der Waals surface area contributed by atoms with Gasteiger partial charge in [0.15, 0.2) is 23.0 Å². The highest BCUT2D eigenvalue weighted by Gasteiger charge is 2.24. The number of carboxylic acid groups (broad SMARTS) is 1. The largest absolute Gasteiger partial charge is 0.504 e. The zero-order valence-corrected chi connectivity index (χ0v) is 13.2. The number of methoxy groups -OCH3 is 1. The van der Waals surface area contributed by atoms with E-state index in [1.807, 2.05) is 0 Å². The third-order valence-corrected chi connectivity index (χ3v) is 3.99. The van der Waals surface area contributed by atoms with Crippen LogP contribution in [-0.4, -0.2) is 36.5 Å². The van der Waals surface area contributed by atoms with E-state index in [1.54, 1.807) is 36.4 Å². The molecule has 3 rings (SSSR count). The number of aromatic hydroxyl groups is 1. The molecule has 126 valence electrons. The summed E-state index contributed by atoms with van der Waals surface area (Å²) < 4.78 is 16.0. The average molecular weight is 330 g/mol. The molecule has 0 aliphatic carbocycles. The van der Waals surface area contributed by atoms with Gasteiger partial charge in [0.2, 0.25) is 0 Å². The Bertz CT molecular complexity index is 755. The van der Waals surface area contributed by atoms with Gasteiger partial charge >= 0.3 is 5.97 Å². The van der Waals surface area contributed by atoms with Gasteiger partial charge in [-0.1, -0.05) is 18.2 Å². The van der Waals surface area contributed by atoms with E-state index in [4.69, 9.17) is 14.2 Å². The molecule has 2 aromatic carbocycles. The lowest BCUT2D eigenvalue weighted by Gasteiger charge is -2.21. The van der Waals surface area contributed by atoms with Crippen LogP contribution in [0.2, 0.25) is 0 Å². The summed E-state index contributed by atoms with van der Waals surface area (Å²) in [5, 5.41) is 19.8. The van der Waals surface area contributed by atoms with Gasteiger partial charge in [0.05, 0.1) is 13.0 Å². The van der Waals surface area contributed by atoms with Crippen molar-refractivity contribution in [1.29, 1.82) is 0 Å². The number of hydrogen-bond acceptors (Lipinski definition) is 5. The maximum Gasteiger partial charge on any atom is 0.311 e. The van der Waals surface area contributed by atoms with Gasteiger partial charge in [0.25, 0.3) is 0 Å². The van der Waals surface area contributed by atoms with Crippen LogP contribution in [0.5, 0.6) is 23.0 Å². The van der Waals surface area contributed by atoms with Gasteiger partial charge in [-0.25, -0.2) is 0 Å². The Kier molecular flexibility index (Phi) is 4.46. The Labute approximate surface area is 139 Å². The molecule has 6 nitrogen and oxygen atoms in total. The summed E-state index contributed by atoms with van der Waals surface area (Å²) in [5.74, 6) is -0.367. The van der Waals surface area contributed by atoms with Crippen molar-refractivity contribution >= 4 is 5.97 Å². The topological polar surface area (TPSA) is 85.2 Å². The lowest BCUT2D eigenvalue weighted by atomic mass is 9.91. The van der Waals surface area contributed by atoms with Gasteiger partial charge in [-0.3, -0.25) is 4.79 Å². The molecule has 6 heteroatoms. The molecule has 0 saturated heterocycles. The highest BCUT2D eigenvalue weighted by atomic mass is 16.6. The van der Waals surface area contributed by atoms with Crippen LogP contribution in [0.15, 0.2) is 36.4 Å². The predicted molar refractivity (Wildman–Crippen MR) is 86.2 cm³/mol. The lowest BCUT2D eigenvalue weighted by molar-refractivity contribution is -0.138. The monoisotopic (exact) mass is 330 g/mol. The number of phenolic OH excluding ortho intramolecular Hbond substituents is 1. The van der Waals surface area contributed by atoms with Crippen LogP contribution in [0.3, 0.4) is 0 Å². The Balaban J connectivity index is 1.92. The molecule has 1 atom stereocenters. The van der Waals surface area contributed by atoms with E-state index in [2.05, 4.69) is 0 Å². The molecule has 2 aromatic rings. The fraction of sp³-hybridized carbons (Fsp3) is 0.278. The van der Waals surface area contributed by atoms with E-state index >= 15 is 0 Å². The highest BCUT2D eigenvalue weighted by molar-refractivity contribution is 5.77. The fourth-order valence-corrected chi connectivity index (χ4v) is 2.74. The third-order valence-electron chi connectivity index (χ3n) is 3.99. The van der Waals surface area contributed by atoms with Gasteiger partial charge in [-0.05, 0) is 35.7 Å². The molecule has 1 aliphatic heterocycles. The molecule has 1 aliphatic rings. The van der Waals surface area contributed by atoms with Crippen LogP contribution in [0, 0.1) is 0 Å². The molecular formula is C18H18O6. The molecule has 0 amide bonds. The van der Waals surface area contributed by atoms with Crippen molar-refractivity contribution in [1.82, 2.24) is 0 Å². The minimum atomic E-state index is -0.978. The highest BCUT2D eigenvalue weighted by Crippen LogP contribution is 2.36. The number of benzene rings is 2. The SMILES string of the molecule is COc1cccc(CC(C(=O)O)c2ccc3c(c2)OCCO3)c1O. The van der Waals surface area contributed by atoms with Gasteiger partial charge in [-0.15, -0.1) is 0 Å². The molecule has 1 unspecified atom stereocenters. The van der Waals surface area contributed by atoms with Gasteiger partial charge in [0, 0.05) is 0 Å². The van der Waals surface area contributed by atoms with Crippen LogP contribution in [0.4, 0.5) is 0 Å². The second-order valence-electron chi connectivity index (χ2n) is 5.47. The Hall–Kier alpha value is -2.89. The van der Waals surface area contributed by atoms with Crippen LogP contribution in [-0.2, 0) is 11.2 Å². The zero-order chi connectivity index (χ0) is 17.1. The molecule has 2 N–H and O–H groups in total. The van der Waals surface area contributed by atoms with Crippen molar-refractivity contribution in [3.63, 3.8) is 0 Å². The average Bonchev–Trinajstić information content (AvgIpc) is 2.60. The lowest BCUT2D eigenvalue weighted by Crippen LogP contribution is -2.18. The summed E-state index contributed by atoms with van der Waals surface area (Å²) in [7, 11) is 1.45. The van der Waals surface area contributed by atoms with E-state index in [0.29, 0.717) is 41.6 Å². The van der Waals surface area contributed by atoms with Crippen LogP contribution < -0.4 is 14.2 Å². The van der Waals surface area contributed by atoms with E-state index in [9.17, 15) is 15.0 Å². The van der Waals surface area contributed by atoms with Crippen molar-refractivity contribution in [2.45, 2.75) is 12.3 Å². The number of rotatable bonds is 5. The molecule has 0 radical (unpaired) electrons. The number of phenols is 1. The summed E-state index contributed by atoms with van der Waals surface area (Å²) >= 11 is 0. The summed E-state index contributed by atoms with van der Waals surface area (Å²) in [6, 6.07) is 10.1. The number of hydrogen-bond donors (Lipinski definition) is 2. The van der Waals surface area contributed by atoms with E-state index in [0.717, 1.165) is 0 Å². The van der Waals surface area contributed by atoms with E-state index in [-0.39, 0.29) is 12.2 Å². The summed E-state index contributed by atoms with van der Waals surface area (Å²) in [6.07, 6.45) is 0.137. The predicted octanol–water partition coefficient (Wildman–Crippen LogP) is 2.58. The Morgan fingerprint density at radius 1 is 1.21 bits per heavy atom. The molecule has 0 bridgehead atoms. The Morgan fingerprint density at radius 3 is 2.67 bits per heavy atom. The molecule has 0 spiro atoms. The Morgan fingerprint density at radius 2 is 1.96 bits per heavy atom. The standard InChI is InChI=1S/C18H18O6/c1-22-15-4-2-3-12(17(15)19)9-13(18(20)21)11-5-6-14-16(10-11)24-8-7-23-14/h2-6,10,13,19H,7-9H2,1H3,(H,20,21). The van der Waals surface area contributed by atoms with Crippen molar-refractivity contribution in [2.75, 3.05) is 20.3 Å². The number of para-hydroxylation sites is 1. The minimum Gasteiger partial charge on any atom is -0.504 e. The fourth-order valence-electron chi connectivity index (χ4n) is 2.74. The first-order valence-corrected chi connectivity index (χ1v) is 7.57.